The van der Waals surface area contributed by atoms with Crippen LogP contribution >= 0.6 is 0 Å². The summed E-state index contributed by atoms with van der Waals surface area (Å²) in [6.07, 6.45) is 26.2. The molecule has 0 spiro atoms. The van der Waals surface area contributed by atoms with Crippen LogP contribution in [0.2, 0.25) is 0 Å². The Kier molecular flexibility index (Phi) is 14.1. The van der Waals surface area contributed by atoms with Gasteiger partial charge in [0.25, 0.3) is 0 Å². The van der Waals surface area contributed by atoms with Crippen molar-refractivity contribution in [2.45, 2.75) is 45.4 Å². The molecule has 0 aromatic heterocycles. The van der Waals surface area contributed by atoms with Crippen LogP contribution in [-0.2, 0) is 17.1 Å². The Morgan fingerprint density at radius 3 is 1.77 bits per heavy atom. The summed E-state index contributed by atoms with van der Waals surface area (Å²) in [7, 11) is 0. The van der Waals surface area contributed by atoms with Gasteiger partial charge in [0.1, 0.15) is 5.75 Å². The average molecular weight is 390 g/mol. The third kappa shape index (κ3) is 10.0. The second kappa shape index (κ2) is 15.6. The first kappa shape index (κ1) is 23.6. The van der Waals surface area contributed by atoms with Gasteiger partial charge in [-0.25, -0.2) is 0 Å². The fourth-order valence-electron chi connectivity index (χ4n) is 2.70. The predicted octanol–water partition coefficient (Wildman–Crippen LogP) is 6.20. The molecule has 1 aromatic carbocycles. The van der Waals surface area contributed by atoms with Crippen molar-refractivity contribution < 1.29 is 21.8 Å². The van der Waals surface area contributed by atoms with E-state index in [9.17, 15) is 0 Å². The monoisotopic (exact) mass is 390 g/mol. The first-order chi connectivity index (χ1) is 12.4. The molecule has 2 aliphatic rings. The van der Waals surface area contributed by atoms with Gasteiger partial charge in [-0.2, -0.15) is 0 Å². The number of hydrogen-bond acceptors (Lipinski definition) is 1. The molecule has 2 heteroatoms. The van der Waals surface area contributed by atoms with Gasteiger partial charge >= 0.3 is 17.1 Å². The molecule has 2 aliphatic carbocycles. The molecule has 26 heavy (non-hydrogen) atoms. The number of benzene rings is 1. The molecule has 0 atom stereocenters. The summed E-state index contributed by atoms with van der Waals surface area (Å²) in [5.74, 6) is 2.25. The normalized spacial score (nSPS) is 16.7. The van der Waals surface area contributed by atoms with E-state index in [-0.39, 0.29) is 17.1 Å². The average Bonchev–Trinajstić information content (AvgIpc) is 3.37. The largest absolute Gasteiger partial charge is 2.00 e. The van der Waals surface area contributed by atoms with E-state index in [1.54, 1.807) is 0 Å². The summed E-state index contributed by atoms with van der Waals surface area (Å²) in [6.45, 7) is 3.09. The molecule has 0 unspecified atom stereocenters. The minimum absolute atomic E-state index is 0. The first-order valence-corrected chi connectivity index (χ1v) is 9.52. The Balaban J connectivity index is 0.000000486. The Morgan fingerprint density at radius 1 is 0.654 bits per heavy atom. The van der Waals surface area contributed by atoms with Gasteiger partial charge in [0.2, 0.25) is 0 Å². The van der Waals surface area contributed by atoms with Gasteiger partial charge in [0, 0.05) is 5.92 Å². The van der Waals surface area contributed by atoms with Gasteiger partial charge in [-0.3, -0.25) is 0 Å². The summed E-state index contributed by atoms with van der Waals surface area (Å²) >= 11 is 0. The summed E-state index contributed by atoms with van der Waals surface area (Å²) in [6, 6.07) is 8.40. The SMILES string of the molecule is CCCCCCCCOc1ccc([C]2[CH][CH][CH][CH]2)cc1.[CH]1[CH][CH][CH][CH]1.[Fe+2]. The van der Waals surface area contributed by atoms with Gasteiger partial charge in [-0.15, -0.1) is 0 Å². The second-order valence-electron chi connectivity index (χ2n) is 6.28. The predicted molar refractivity (Wildman–Crippen MR) is 106 cm³/mol. The number of rotatable bonds is 9. The summed E-state index contributed by atoms with van der Waals surface area (Å²) in [4.78, 5) is 0. The van der Waals surface area contributed by atoms with Crippen LogP contribution in [-0.4, -0.2) is 6.61 Å². The molecule has 2 saturated carbocycles. The molecule has 0 saturated heterocycles. The van der Waals surface area contributed by atoms with Gasteiger partial charge in [0.15, 0.2) is 0 Å². The molecular formula is C24H30FeO+2. The maximum atomic E-state index is 5.78. The molecule has 0 N–H and O–H groups in total. The van der Waals surface area contributed by atoms with Crippen molar-refractivity contribution in [3.05, 3.63) is 93.5 Å². The zero-order valence-corrected chi connectivity index (χ0v) is 16.8. The van der Waals surface area contributed by atoms with E-state index in [4.69, 9.17) is 4.74 Å². The molecule has 138 valence electrons. The second-order valence-corrected chi connectivity index (χ2v) is 6.28. The molecule has 0 amide bonds. The molecular weight excluding hydrogens is 360 g/mol. The number of hydrogen-bond donors (Lipinski definition) is 0. The Hall–Kier alpha value is -0.461. The fourth-order valence-corrected chi connectivity index (χ4v) is 2.70. The van der Waals surface area contributed by atoms with Crippen LogP contribution in [0, 0.1) is 63.7 Å². The van der Waals surface area contributed by atoms with E-state index in [0.717, 1.165) is 18.8 Å². The van der Waals surface area contributed by atoms with Crippen LogP contribution in [0.1, 0.15) is 51.0 Å². The van der Waals surface area contributed by atoms with Crippen molar-refractivity contribution in [1.29, 1.82) is 0 Å². The quantitative estimate of drug-likeness (QED) is 0.360. The zero-order chi connectivity index (χ0) is 17.6. The smallest absolute Gasteiger partial charge is 0.494 e. The molecule has 1 nitrogen and oxygen atoms in total. The van der Waals surface area contributed by atoms with Crippen LogP contribution in [0.5, 0.6) is 5.75 Å². The van der Waals surface area contributed by atoms with E-state index in [0.29, 0.717) is 0 Å². The van der Waals surface area contributed by atoms with Crippen LogP contribution in [0.3, 0.4) is 0 Å². The van der Waals surface area contributed by atoms with Crippen molar-refractivity contribution in [3.8, 4) is 5.75 Å². The zero-order valence-electron chi connectivity index (χ0n) is 15.7. The van der Waals surface area contributed by atoms with Crippen molar-refractivity contribution in [2.75, 3.05) is 6.61 Å². The standard InChI is InChI=1S/C19H25O.C5H5.Fe/c1-2-3-4-5-6-9-16-20-19-14-12-18(13-15-19)17-10-7-8-11-17;1-2-4-5-3-1;/h7-8,10-15H,2-6,9,16H2,1H3;1-5H;/q;;+2. The van der Waals surface area contributed by atoms with Gasteiger partial charge in [-0.05, 0) is 81.9 Å². The fraction of sp³-hybridized carbons (Fsp3) is 0.333. The Labute approximate surface area is 173 Å². The van der Waals surface area contributed by atoms with E-state index < -0.39 is 0 Å². The van der Waals surface area contributed by atoms with Gasteiger partial charge in [-0.1, -0.05) is 51.2 Å². The van der Waals surface area contributed by atoms with Crippen molar-refractivity contribution >= 4 is 0 Å². The Morgan fingerprint density at radius 2 is 1.19 bits per heavy atom. The summed E-state index contributed by atoms with van der Waals surface area (Å²) < 4.78 is 5.78. The third-order valence-electron chi connectivity index (χ3n) is 4.17. The van der Waals surface area contributed by atoms with Crippen LogP contribution < -0.4 is 4.74 Å². The molecule has 10 radical (unpaired) electrons. The van der Waals surface area contributed by atoms with Crippen molar-refractivity contribution in [1.82, 2.24) is 0 Å². The maximum absolute atomic E-state index is 5.78. The molecule has 0 heterocycles. The van der Waals surface area contributed by atoms with E-state index >= 15 is 0 Å². The van der Waals surface area contributed by atoms with E-state index in [2.05, 4.69) is 56.9 Å². The molecule has 1 aromatic rings. The van der Waals surface area contributed by atoms with E-state index in [1.165, 1.54) is 43.6 Å². The van der Waals surface area contributed by atoms with E-state index in [1.807, 2.05) is 32.1 Å². The minimum atomic E-state index is 0. The number of unbranched alkanes of at least 4 members (excludes halogenated alkanes) is 5. The Bertz CT molecular complexity index is 411. The maximum Gasteiger partial charge on any atom is 2.00 e. The minimum Gasteiger partial charge on any atom is -0.494 e. The molecule has 0 aliphatic heterocycles. The van der Waals surface area contributed by atoms with Crippen LogP contribution in [0.4, 0.5) is 0 Å². The third-order valence-corrected chi connectivity index (χ3v) is 4.17. The molecule has 0 bridgehead atoms. The first-order valence-electron chi connectivity index (χ1n) is 9.52. The number of ether oxygens (including phenoxy) is 1. The van der Waals surface area contributed by atoms with Gasteiger partial charge in [0.05, 0.1) is 6.61 Å². The van der Waals surface area contributed by atoms with Crippen LogP contribution in [0.15, 0.2) is 24.3 Å². The molecule has 3 rings (SSSR count). The summed E-state index contributed by atoms with van der Waals surface area (Å²) in [5, 5.41) is 0. The van der Waals surface area contributed by atoms with Gasteiger partial charge < -0.3 is 4.74 Å². The van der Waals surface area contributed by atoms with Crippen LogP contribution in [0.25, 0.3) is 0 Å². The topological polar surface area (TPSA) is 9.23 Å². The molecule has 2 fully saturated rings. The van der Waals surface area contributed by atoms with Crippen molar-refractivity contribution in [2.24, 2.45) is 0 Å². The summed E-state index contributed by atoms with van der Waals surface area (Å²) in [5.41, 5.74) is 1.25. The van der Waals surface area contributed by atoms with Crippen molar-refractivity contribution in [3.63, 3.8) is 0 Å².